The number of ether oxygens (including phenoxy) is 1. The number of para-hydroxylation sites is 1. The van der Waals surface area contributed by atoms with Crippen LogP contribution in [0.4, 0.5) is 0 Å². The van der Waals surface area contributed by atoms with Crippen LogP contribution in [0.2, 0.25) is 0 Å². The van der Waals surface area contributed by atoms with Crippen molar-refractivity contribution in [2.45, 2.75) is 32.7 Å². The molecule has 3 aromatic rings. The fourth-order valence-corrected chi connectivity index (χ4v) is 3.15. The Kier molecular flexibility index (Phi) is 7.89. The molecular formula is C22H27ClN2O2. The van der Waals surface area contributed by atoms with Gasteiger partial charge in [-0.3, -0.25) is 4.79 Å². The van der Waals surface area contributed by atoms with Crippen LogP contribution in [0.3, 0.4) is 0 Å². The van der Waals surface area contributed by atoms with E-state index < -0.39 is 0 Å². The van der Waals surface area contributed by atoms with Gasteiger partial charge in [0.25, 0.3) is 0 Å². The Morgan fingerprint density at radius 2 is 1.78 bits per heavy atom. The van der Waals surface area contributed by atoms with Gasteiger partial charge in [0.15, 0.2) is 5.43 Å². The van der Waals surface area contributed by atoms with Crippen molar-refractivity contribution in [2.75, 3.05) is 13.7 Å². The topological polar surface area (TPSA) is 54.1 Å². The zero-order valence-corrected chi connectivity index (χ0v) is 16.7. The van der Waals surface area contributed by atoms with Crippen molar-refractivity contribution in [1.29, 1.82) is 0 Å². The van der Waals surface area contributed by atoms with Crippen LogP contribution in [0.15, 0.2) is 53.3 Å². The molecule has 0 bridgehead atoms. The van der Waals surface area contributed by atoms with E-state index in [1.54, 1.807) is 7.11 Å². The highest BCUT2D eigenvalue weighted by Gasteiger charge is 2.07. The number of H-pyrrole nitrogens is 1. The van der Waals surface area contributed by atoms with E-state index in [0.717, 1.165) is 53.7 Å². The van der Waals surface area contributed by atoms with Crippen LogP contribution in [0, 0.1) is 6.92 Å². The molecule has 0 radical (unpaired) electrons. The summed E-state index contributed by atoms with van der Waals surface area (Å²) in [5.74, 6) is 0.898. The second-order valence-electron chi connectivity index (χ2n) is 6.59. The second-order valence-corrected chi connectivity index (χ2v) is 6.59. The molecule has 0 aliphatic carbocycles. The SMILES string of the molecule is COc1ccc(CCCCNCc2[nH]c3ccccc3c(=O)c2C)cc1.Cl. The lowest BCUT2D eigenvalue weighted by atomic mass is 10.1. The maximum atomic E-state index is 12.4. The Hall–Kier alpha value is -2.30. The van der Waals surface area contributed by atoms with Crippen LogP contribution in [0.1, 0.15) is 29.7 Å². The van der Waals surface area contributed by atoms with Crippen LogP contribution in [0.5, 0.6) is 5.75 Å². The average molecular weight is 387 g/mol. The van der Waals surface area contributed by atoms with Gasteiger partial charge >= 0.3 is 0 Å². The van der Waals surface area contributed by atoms with Gasteiger partial charge in [-0.1, -0.05) is 24.3 Å². The summed E-state index contributed by atoms with van der Waals surface area (Å²) in [4.78, 5) is 15.8. The van der Waals surface area contributed by atoms with E-state index in [1.165, 1.54) is 5.56 Å². The number of nitrogens with one attached hydrogen (secondary N) is 2. The number of pyridine rings is 1. The molecule has 0 saturated heterocycles. The van der Waals surface area contributed by atoms with Gasteiger partial charge in [-0.05, 0) is 62.6 Å². The molecule has 3 rings (SSSR count). The standard InChI is InChI=1S/C22H26N2O2.ClH/c1-16-21(24-20-9-4-3-8-19(20)22(16)25)15-23-14-6-5-7-17-10-12-18(26-2)13-11-17;/h3-4,8-13,23H,5-7,14-15H2,1-2H3,(H,24,25);1H. The van der Waals surface area contributed by atoms with Crippen molar-refractivity contribution in [1.82, 2.24) is 10.3 Å². The van der Waals surface area contributed by atoms with Crippen molar-refractivity contribution in [3.63, 3.8) is 0 Å². The smallest absolute Gasteiger partial charge is 0.192 e. The Balaban J connectivity index is 0.00000261. The number of aromatic amines is 1. The number of rotatable bonds is 8. The summed E-state index contributed by atoms with van der Waals surface area (Å²) in [6.07, 6.45) is 3.30. The highest BCUT2D eigenvalue weighted by atomic mass is 35.5. The quantitative estimate of drug-likeness (QED) is 0.565. The molecule has 1 aromatic heterocycles. The molecule has 0 fully saturated rings. The first-order chi connectivity index (χ1) is 12.7. The largest absolute Gasteiger partial charge is 0.497 e. The molecule has 5 heteroatoms. The fourth-order valence-electron chi connectivity index (χ4n) is 3.15. The number of unbranched alkanes of at least 4 members (excludes halogenated alkanes) is 1. The molecule has 0 saturated carbocycles. The van der Waals surface area contributed by atoms with Crippen LogP contribution < -0.4 is 15.5 Å². The molecule has 2 N–H and O–H groups in total. The van der Waals surface area contributed by atoms with Crippen molar-refractivity contribution < 1.29 is 4.74 Å². The van der Waals surface area contributed by atoms with Gasteiger partial charge in [-0.2, -0.15) is 0 Å². The minimum Gasteiger partial charge on any atom is -0.497 e. The summed E-state index contributed by atoms with van der Waals surface area (Å²) in [5, 5.41) is 4.21. The number of halogens is 1. The van der Waals surface area contributed by atoms with Crippen LogP contribution >= 0.6 is 12.4 Å². The van der Waals surface area contributed by atoms with Gasteiger partial charge in [0.2, 0.25) is 0 Å². The molecule has 1 heterocycles. The normalized spacial score (nSPS) is 10.6. The minimum atomic E-state index is 0. The molecule has 4 nitrogen and oxygen atoms in total. The van der Waals surface area contributed by atoms with Gasteiger partial charge in [-0.15, -0.1) is 12.4 Å². The Morgan fingerprint density at radius 1 is 1.04 bits per heavy atom. The lowest BCUT2D eigenvalue weighted by Crippen LogP contribution is -2.20. The van der Waals surface area contributed by atoms with Gasteiger partial charge < -0.3 is 15.0 Å². The molecule has 0 atom stereocenters. The minimum absolute atomic E-state index is 0. The Morgan fingerprint density at radius 3 is 2.52 bits per heavy atom. The van der Waals surface area contributed by atoms with E-state index in [-0.39, 0.29) is 17.8 Å². The van der Waals surface area contributed by atoms with Crippen molar-refractivity contribution >= 4 is 23.3 Å². The van der Waals surface area contributed by atoms with Gasteiger partial charge in [0.05, 0.1) is 7.11 Å². The highest BCUT2D eigenvalue weighted by molar-refractivity contribution is 5.85. The number of hydrogen-bond donors (Lipinski definition) is 2. The molecule has 0 spiro atoms. The van der Waals surface area contributed by atoms with Crippen LogP contribution in [-0.4, -0.2) is 18.6 Å². The van der Waals surface area contributed by atoms with Crippen LogP contribution in [-0.2, 0) is 13.0 Å². The number of aromatic nitrogens is 1. The lowest BCUT2D eigenvalue weighted by Gasteiger charge is -2.10. The maximum Gasteiger partial charge on any atom is 0.192 e. The predicted molar refractivity (Wildman–Crippen MR) is 114 cm³/mol. The molecule has 2 aromatic carbocycles. The van der Waals surface area contributed by atoms with E-state index in [1.807, 2.05) is 43.3 Å². The van der Waals surface area contributed by atoms with Crippen molar-refractivity contribution in [2.24, 2.45) is 0 Å². The molecule has 0 aliphatic heterocycles. The summed E-state index contributed by atoms with van der Waals surface area (Å²) in [6, 6.07) is 15.9. The predicted octanol–water partition coefficient (Wildman–Crippen LogP) is 4.38. The first-order valence-electron chi connectivity index (χ1n) is 9.13. The Bertz CT molecular complexity index is 920. The third-order valence-electron chi connectivity index (χ3n) is 4.78. The second kappa shape index (κ2) is 10.1. The highest BCUT2D eigenvalue weighted by Crippen LogP contribution is 2.13. The number of methoxy groups -OCH3 is 1. The van der Waals surface area contributed by atoms with Gasteiger partial charge in [-0.25, -0.2) is 0 Å². The van der Waals surface area contributed by atoms with E-state index in [4.69, 9.17) is 4.74 Å². The molecule has 0 unspecified atom stereocenters. The van der Waals surface area contributed by atoms with Gasteiger partial charge in [0.1, 0.15) is 5.75 Å². The van der Waals surface area contributed by atoms with Crippen molar-refractivity contribution in [3.05, 3.63) is 75.6 Å². The van der Waals surface area contributed by atoms with E-state index in [0.29, 0.717) is 6.54 Å². The zero-order chi connectivity index (χ0) is 18.4. The monoisotopic (exact) mass is 386 g/mol. The molecule has 27 heavy (non-hydrogen) atoms. The number of hydrogen-bond acceptors (Lipinski definition) is 3. The maximum absolute atomic E-state index is 12.4. The summed E-state index contributed by atoms with van der Waals surface area (Å²) in [6.45, 7) is 3.52. The van der Waals surface area contributed by atoms with Crippen LogP contribution in [0.25, 0.3) is 10.9 Å². The van der Waals surface area contributed by atoms with Gasteiger partial charge in [0, 0.05) is 28.7 Å². The van der Waals surface area contributed by atoms with Crippen molar-refractivity contribution in [3.8, 4) is 5.75 Å². The van der Waals surface area contributed by atoms with E-state index in [9.17, 15) is 4.79 Å². The molecule has 0 aliphatic rings. The molecular weight excluding hydrogens is 360 g/mol. The molecule has 0 amide bonds. The number of aryl methyl sites for hydroxylation is 1. The zero-order valence-electron chi connectivity index (χ0n) is 15.9. The summed E-state index contributed by atoms with van der Waals surface area (Å²) >= 11 is 0. The lowest BCUT2D eigenvalue weighted by molar-refractivity contribution is 0.414. The summed E-state index contributed by atoms with van der Waals surface area (Å²) in [7, 11) is 1.69. The fraction of sp³-hybridized carbons (Fsp3) is 0.318. The van der Waals surface area contributed by atoms with E-state index >= 15 is 0 Å². The Labute approximate surface area is 166 Å². The third kappa shape index (κ3) is 5.34. The number of benzene rings is 2. The first-order valence-corrected chi connectivity index (χ1v) is 9.13. The van der Waals surface area contributed by atoms with E-state index in [2.05, 4.69) is 22.4 Å². The average Bonchev–Trinajstić information content (AvgIpc) is 2.68. The summed E-state index contributed by atoms with van der Waals surface area (Å²) in [5.41, 5.74) is 4.13. The summed E-state index contributed by atoms with van der Waals surface area (Å²) < 4.78 is 5.18. The molecule has 144 valence electrons. The number of fused-ring (bicyclic) bond motifs is 1. The third-order valence-corrected chi connectivity index (χ3v) is 4.78. The first kappa shape index (κ1) is 21.0.